The maximum atomic E-state index is 5.97. The number of benzene rings is 2. The van der Waals surface area contributed by atoms with Gasteiger partial charge in [-0.15, -0.1) is 0 Å². The van der Waals surface area contributed by atoms with Gasteiger partial charge < -0.3 is 14.8 Å². The van der Waals surface area contributed by atoms with Crippen molar-refractivity contribution in [2.75, 3.05) is 6.79 Å². The predicted octanol–water partition coefficient (Wildman–Crippen LogP) is 4.01. The van der Waals surface area contributed by atoms with Crippen LogP contribution in [0.5, 0.6) is 11.5 Å². The fraction of sp³-hybridized carbons (Fsp3) is 0.200. The normalized spacial score (nSPS) is 12.7. The van der Waals surface area contributed by atoms with Crippen molar-refractivity contribution in [2.45, 2.75) is 13.1 Å². The molecule has 0 saturated heterocycles. The summed E-state index contributed by atoms with van der Waals surface area (Å²) in [4.78, 5) is 0. The summed E-state index contributed by atoms with van der Waals surface area (Å²) in [6.45, 7) is 1.66. The standard InChI is InChI=1S/C15H13Cl2NO2/c16-12-4-10(5-13(17)6-12)7-18-8-11-2-1-3-14-15(11)20-9-19-14/h1-6,18H,7-9H2. The molecule has 104 valence electrons. The minimum absolute atomic E-state index is 0.288. The molecule has 0 radical (unpaired) electrons. The summed E-state index contributed by atoms with van der Waals surface area (Å²) in [5, 5.41) is 4.64. The summed E-state index contributed by atoms with van der Waals surface area (Å²) in [7, 11) is 0. The third-order valence-electron chi connectivity index (χ3n) is 3.05. The fourth-order valence-corrected chi connectivity index (χ4v) is 2.76. The van der Waals surface area contributed by atoms with E-state index < -0.39 is 0 Å². The van der Waals surface area contributed by atoms with Gasteiger partial charge in [0.1, 0.15) is 0 Å². The Balaban J connectivity index is 1.64. The maximum Gasteiger partial charge on any atom is 0.231 e. The number of para-hydroxylation sites is 1. The Morgan fingerprint density at radius 2 is 1.80 bits per heavy atom. The Morgan fingerprint density at radius 3 is 2.60 bits per heavy atom. The highest BCUT2D eigenvalue weighted by molar-refractivity contribution is 6.34. The van der Waals surface area contributed by atoms with E-state index in [2.05, 4.69) is 5.32 Å². The Bertz CT molecular complexity index is 611. The van der Waals surface area contributed by atoms with E-state index in [1.165, 1.54) is 0 Å². The Labute approximate surface area is 127 Å². The molecule has 1 aliphatic heterocycles. The van der Waals surface area contributed by atoms with Gasteiger partial charge in [0.05, 0.1) is 0 Å². The Kier molecular flexibility index (Phi) is 4.01. The van der Waals surface area contributed by atoms with Crippen LogP contribution in [0.25, 0.3) is 0 Å². The van der Waals surface area contributed by atoms with Crippen LogP contribution in [-0.4, -0.2) is 6.79 Å². The number of rotatable bonds is 4. The molecule has 0 aliphatic carbocycles. The lowest BCUT2D eigenvalue weighted by molar-refractivity contribution is 0.173. The SMILES string of the molecule is Clc1cc(Cl)cc(CNCc2cccc3c2OCO3)c1. The summed E-state index contributed by atoms with van der Waals surface area (Å²) in [6, 6.07) is 11.4. The molecule has 0 atom stereocenters. The minimum atomic E-state index is 0.288. The van der Waals surface area contributed by atoms with E-state index in [9.17, 15) is 0 Å². The van der Waals surface area contributed by atoms with Gasteiger partial charge in [-0.25, -0.2) is 0 Å². The van der Waals surface area contributed by atoms with Gasteiger partial charge in [-0.05, 0) is 29.8 Å². The molecule has 0 unspecified atom stereocenters. The van der Waals surface area contributed by atoms with E-state index in [4.69, 9.17) is 32.7 Å². The molecule has 2 aromatic carbocycles. The summed E-state index contributed by atoms with van der Waals surface area (Å²) >= 11 is 11.9. The van der Waals surface area contributed by atoms with Crippen molar-refractivity contribution in [3.8, 4) is 11.5 Å². The van der Waals surface area contributed by atoms with Crippen LogP contribution in [-0.2, 0) is 13.1 Å². The smallest absolute Gasteiger partial charge is 0.231 e. The number of ether oxygens (including phenoxy) is 2. The molecule has 0 fully saturated rings. The minimum Gasteiger partial charge on any atom is -0.454 e. The number of halogens is 2. The summed E-state index contributed by atoms with van der Waals surface area (Å²) in [6.07, 6.45) is 0. The molecule has 0 bridgehead atoms. The summed E-state index contributed by atoms with van der Waals surface area (Å²) in [5.74, 6) is 1.62. The molecule has 1 aliphatic rings. The van der Waals surface area contributed by atoms with E-state index in [1.807, 2.05) is 30.3 Å². The first-order valence-electron chi connectivity index (χ1n) is 6.25. The lowest BCUT2D eigenvalue weighted by atomic mass is 10.1. The van der Waals surface area contributed by atoms with Gasteiger partial charge in [-0.2, -0.15) is 0 Å². The molecule has 1 N–H and O–H groups in total. The first-order valence-corrected chi connectivity index (χ1v) is 7.01. The van der Waals surface area contributed by atoms with E-state index in [1.54, 1.807) is 6.07 Å². The molecule has 5 heteroatoms. The van der Waals surface area contributed by atoms with Crippen LogP contribution in [0.2, 0.25) is 10.0 Å². The topological polar surface area (TPSA) is 30.5 Å². The Morgan fingerprint density at radius 1 is 1.00 bits per heavy atom. The van der Waals surface area contributed by atoms with Crippen molar-refractivity contribution in [2.24, 2.45) is 0 Å². The number of hydrogen-bond donors (Lipinski definition) is 1. The van der Waals surface area contributed by atoms with Crippen LogP contribution in [0.3, 0.4) is 0 Å². The number of nitrogens with one attached hydrogen (secondary N) is 1. The van der Waals surface area contributed by atoms with Gasteiger partial charge in [-0.1, -0.05) is 35.3 Å². The van der Waals surface area contributed by atoms with Crippen molar-refractivity contribution < 1.29 is 9.47 Å². The predicted molar refractivity (Wildman–Crippen MR) is 79.6 cm³/mol. The van der Waals surface area contributed by atoms with Gasteiger partial charge >= 0.3 is 0 Å². The van der Waals surface area contributed by atoms with Gasteiger partial charge in [0.15, 0.2) is 11.5 Å². The van der Waals surface area contributed by atoms with Gasteiger partial charge in [-0.3, -0.25) is 0 Å². The quantitative estimate of drug-likeness (QED) is 0.925. The molecule has 0 saturated carbocycles. The molecule has 0 spiro atoms. The van der Waals surface area contributed by atoms with E-state index in [-0.39, 0.29) is 6.79 Å². The third-order valence-corrected chi connectivity index (χ3v) is 3.48. The average Bonchev–Trinajstić information content (AvgIpc) is 2.86. The second-order valence-corrected chi connectivity index (χ2v) is 5.41. The molecule has 2 aromatic rings. The largest absolute Gasteiger partial charge is 0.454 e. The van der Waals surface area contributed by atoms with Gasteiger partial charge in [0.25, 0.3) is 0 Å². The van der Waals surface area contributed by atoms with Crippen molar-refractivity contribution >= 4 is 23.2 Å². The zero-order valence-corrected chi connectivity index (χ0v) is 12.2. The molecule has 20 heavy (non-hydrogen) atoms. The molecule has 0 amide bonds. The second kappa shape index (κ2) is 5.92. The fourth-order valence-electron chi connectivity index (χ4n) is 2.18. The van der Waals surface area contributed by atoms with Crippen molar-refractivity contribution in [1.82, 2.24) is 5.32 Å². The van der Waals surface area contributed by atoms with Crippen LogP contribution in [0.4, 0.5) is 0 Å². The van der Waals surface area contributed by atoms with E-state index in [0.29, 0.717) is 23.1 Å². The van der Waals surface area contributed by atoms with E-state index in [0.717, 1.165) is 22.6 Å². The zero-order chi connectivity index (χ0) is 13.9. The highest BCUT2D eigenvalue weighted by atomic mass is 35.5. The van der Waals surface area contributed by atoms with Gasteiger partial charge in [0.2, 0.25) is 6.79 Å². The lowest BCUT2D eigenvalue weighted by Crippen LogP contribution is -2.13. The zero-order valence-electron chi connectivity index (χ0n) is 10.7. The molecule has 0 aromatic heterocycles. The summed E-state index contributed by atoms with van der Waals surface area (Å²) in [5.41, 5.74) is 2.13. The van der Waals surface area contributed by atoms with Crippen molar-refractivity contribution in [3.63, 3.8) is 0 Å². The molecule has 3 rings (SSSR count). The monoisotopic (exact) mass is 309 g/mol. The van der Waals surface area contributed by atoms with E-state index >= 15 is 0 Å². The van der Waals surface area contributed by atoms with Crippen LogP contribution in [0, 0.1) is 0 Å². The third kappa shape index (κ3) is 3.01. The first-order chi connectivity index (χ1) is 9.72. The Hall–Kier alpha value is -1.42. The molecule has 3 nitrogen and oxygen atoms in total. The van der Waals surface area contributed by atoms with Crippen molar-refractivity contribution in [1.29, 1.82) is 0 Å². The van der Waals surface area contributed by atoms with Crippen molar-refractivity contribution in [3.05, 3.63) is 57.6 Å². The average molecular weight is 310 g/mol. The highest BCUT2D eigenvalue weighted by Crippen LogP contribution is 2.35. The summed E-state index contributed by atoms with van der Waals surface area (Å²) < 4.78 is 10.8. The van der Waals surface area contributed by atoms with Gasteiger partial charge in [0, 0.05) is 28.7 Å². The second-order valence-electron chi connectivity index (χ2n) is 4.53. The van der Waals surface area contributed by atoms with Crippen LogP contribution in [0.15, 0.2) is 36.4 Å². The number of hydrogen-bond acceptors (Lipinski definition) is 3. The highest BCUT2D eigenvalue weighted by Gasteiger charge is 2.16. The first kappa shape index (κ1) is 13.6. The van der Waals surface area contributed by atoms with Crippen LogP contribution < -0.4 is 14.8 Å². The number of fused-ring (bicyclic) bond motifs is 1. The lowest BCUT2D eigenvalue weighted by Gasteiger charge is -2.08. The molecular formula is C15H13Cl2NO2. The molecular weight excluding hydrogens is 297 g/mol. The molecule has 1 heterocycles. The maximum absolute atomic E-state index is 5.97. The van der Waals surface area contributed by atoms with Crippen LogP contribution in [0.1, 0.15) is 11.1 Å². The van der Waals surface area contributed by atoms with Crippen LogP contribution >= 0.6 is 23.2 Å².